The summed E-state index contributed by atoms with van der Waals surface area (Å²) in [4.78, 5) is 0. The van der Waals surface area contributed by atoms with Gasteiger partial charge in [-0.15, -0.1) is 0 Å². The van der Waals surface area contributed by atoms with Crippen LogP contribution in [0.4, 0.5) is 0 Å². The van der Waals surface area contributed by atoms with Gasteiger partial charge in [-0.3, -0.25) is 0 Å². The second-order valence-electron chi connectivity index (χ2n) is 2.12. The minimum absolute atomic E-state index is 0.587. The highest BCUT2D eigenvalue weighted by atomic mass is 16.5. The molecule has 0 saturated heterocycles. The Morgan fingerprint density at radius 1 is 1.55 bits per heavy atom. The molecule has 1 heterocycles. The Kier molecular flexibility index (Phi) is 2.07. The van der Waals surface area contributed by atoms with Crippen molar-refractivity contribution in [1.29, 1.82) is 5.26 Å². The van der Waals surface area contributed by atoms with Gasteiger partial charge in [0.05, 0.1) is 13.2 Å². The maximum absolute atomic E-state index is 8.61. The first-order valence-electron chi connectivity index (χ1n) is 3.22. The standard InChI is InChI=1S/C8H9N2O/c1-10-7(6-9)4-3-5-8(10)11-2/h3-5H,1-2H3/q+1. The molecule has 0 aliphatic rings. The topological polar surface area (TPSA) is 36.9 Å². The molecule has 0 saturated carbocycles. The van der Waals surface area contributed by atoms with Gasteiger partial charge >= 0.3 is 5.88 Å². The van der Waals surface area contributed by atoms with Crippen molar-refractivity contribution in [3.63, 3.8) is 0 Å². The normalized spacial score (nSPS) is 8.82. The SMILES string of the molecule is COc1cccc(C#N)[n+]1C. The molecule has 0 fully saturated rings. The van der Waals surface area contributed by atoms with Crippen molar-refractivity contribution < 1.29 is 9.30 Å². The van der Waals surface area contributed by atoms with Gasteiger partial charge in [-0.05, 0) is 6.07 Å². The van der Waals surface area contributed by atoms with E-state index in [2.05, 4.69) is 6.07 Å². The first-order valence-corrected chi connectivity index (χ1v) is 3.22. The van der Waals surface area contributed by atoms with Crippen molar-refractivity contribution in [3.8, 4) is 11.9 Å². The van der Waals surface area contributed by atoms with Gasteiger partial charge in [-0.25, -0.2) is 0 Å². The van der Waals surface area contributed by atoms with Crippen molar-refractivity contribution in [2.24, 2.45) is 7.05 Å². The second kappa shape index (κ2) is 3.02. The zero-order valence-corrected chi connectivity index (χ0v) is 6.53. The van der Waals surface area contributed by atoms with E-state index < -0.39 is 0 Å². The fourth-order valence-corrected chi connectivity index (χ4v) is 0.881. The van der Waals surface area contributed by atoms with Crippen molar-refractivity contribution >= 4 is 0 Å². The molecule has 0 aromatic carbocycles. The lowest BCUT2D eigenvalue weighted by Gasteiger charge is -1.96. The molecule has 0 aliphatic carbocycles. The maximum Gasteiger partial charge on any atom is 0.368 e. The third kappa shape index (κ3) is 1.30. The number of ether oxygens (including phenoxy) is 1. The summed E-state index contributed by atoms with van der Waals surface area (Å²) < 4.78 is 6.69. The maximum atomic E-state index is 8.61. The highest BCUT2D eigenvalue weighted by Gasteiger charge is 2.10. The first kappa shape index (κ1) is 7.55. The largest absolute Gasteiger partial charge is 0.448 e. The average molecular weight is 149 g/mol. The predicted molar refractivity (Wildman–Crippen MR) is 38.9 cm³/mol. The zero-order chi connectivity index (χ0) is 8.27. The Labute approximate surface area is 65.5 Å². The number of hydrogen-bond donors (Lipinski definition) is 0. The Bertz CT molecular complexity index is 301. The molecule has 0 N–H and O–H groups in total. The molecule has 0 spiro atoms. The van der Waals surface area contributed by atoms with E-state index in [1.54, 1.807) is 36.9 Å². The molecule has 3 nitrogen and oxygen atoms in total. The quantitative estimate of drug-likeness (QED) is 0.542. The van der Waals surface area contributed by atoms with Gasteiger partial charge in [0.25, 0.3) is 5.69 Å². The lowest BCUT2D eigenvalue weighted by molar-refractivity contribution is -0.679. The molecule has 0 radical (unpaired) electrons. The fraction of sp³-hybridized carbons (Fsp3) is 0.250. The summed E-state index contributed by atoms with van der Waals surface area (Å²) in [7, 11) is 3.37. The third-order valence-electron chi connectivity index (χ3n) is 1.51. The number of pyridine rings is 1. The minimum Gasteiger partial charge on any atom is -0.448 e. The molecule has 3 heteroatoms. The molecule has 56 valence electrons. The van der Waals surface area contributed by atoms with Crippen molar-refractivity contribution in [3.05, 3.63) is 23.9 Å². The van der Waals surface area contributed by atoms with Gasteiger partial charge in [0, 0.05) is 6.07 Å². The highest BCUT2D eigenvalue weighted by molar-refractivity contribution is 5.17. The van der Waals surface area contributed by atoms with Crippen LogP contribution in [-0.4, -0.2) is 7.11 Å². The summed E-state index contributed by atoms with van der Waals surface area (Å²) in [6, 6.07) is 7.39. The van der Waals surface area contributed by atoms with Gasteiger partial charge in [-0.2, -0.15) is 9.83 Å². The lowest BCUT2D eigenvalue weighted by Crippen LogP contribution is -2.33. The minimum atomic E-state index is 0.587. The smallest absolute Gasteiger partial charge is 0.368 e. The zero-order valence-electron chi connectivity index (χ0n) is 6.53. The van der Waals surface area contributed by atoms with E-state index in [1.165, 1.54) is 0 Å². The van der Waals surface area contributed by atoms with Gasteiger partial charge in [-0.1, -0.05) is 0 Å². The van der Waals surface area contributed by atoms with Crippen LogP contribution in [0.5, 0.6) is 5.88 Å². The summed E-state index contributed by atoms with van der Waals surface area (Å²) in [5.41, 5.74) is 0.587. The fourth-order valence-electron chi connectivity index (χ4n) is 0.881. The highest BCUT2D eigenvalue weighted by Crippen LogP contribution is 2.01. The Morgan fingerprint density at radius 3 is 2.82 bits per heavy atom. The van der Waals surface area contributed by atoms with Gasteiger partial charge in [0.2, 0.25) is 0 Å². The van der Waals surface area contributed by atoms with Crippen LogP contribution in [0.1, 0.15) is 5.69 Å². The van der Waals surface area contributed by atoms with Crippen molar-refractivity contribution in [2.45, 2.75) is 0 Å². The van der Waals surface area contributed by atoms with Crippen LogP contribution in [0.15, 0.2) is 18.2 Å². The van der Waals surface area contributed by atoms with E-state index in [4.69, 9.17) is 10.00 Å². The molecule has 1 aromatic rings. The van der Waals surface area contributed by atoms with Crippen molar-refractivity contribution in [1.82, 2.24) is 0 Å². The summed E-state index contributed by atoms with van der Waals surface area (Å²) in [6.07, 6.45) is 0. The Balaban J connectivity index is 3.23. The molecular formula is C8H9N2O+. The first-order chi connectivity index (χ1) is 5.29. The number of hydrogen-bond acceptors (Lipinski definition) is 2. The lowest BCUT2D eigenvalue weighted by atomic mass is 10.3. The number of nitriles is 1. The molecule has 0 atom stereocenters. The molecule has 1 aromatic heterocycles. The van der Waals surface area contributed by atoms with Gasteiger partial charge in [0.1, 0.15) is 7.05 Å². The predicted octanol–water partition coefficient (Wildman–Crippen LogP) is 0.391. The Morgan fingerprint density at radius 2 is 2.27 bits per heavy atom. The molecule has 11 heavy (non-hydrogen) atoms. The van der Waals surface area contributed by atoms with E-state index in [-0.39, 0.29) is 0 Å². The number of aromatic nitrogens is 1. The Hall–Kier alpha value is -1.56. The van der Waals surface area contributed by atoms with Crippen LogP contribution < -0.4 is 9.30 Å². The molecule has 1 rings (SSSR count). The van der Waals surface area contributed by atoms with Crippen LogP contribution in [0.2, 0.25) is 0 Å². The third-order valence-corrected chi connectivity index (χ3v) is 1.51. The summed E-state index contributed by atoms with van der Waals surface area (Å²) in [6.45, 7) is 0. The van der Waals surface area contributed by atoms with E-state index in [9.17, 15) is 0 Å². The second-order valence-corrected chi connectivity index (χ2v) is 2.12. The summed E-state index contributed by atoms with van der Waals surface area (Å²) in [5, 5.41) is 8.61. The van der Waals surface area contributed by atoms with Crippen LogP contribution >= 0.6 is 0 Å². The van der Waals surface area contributed by atoms with E-state index in [0.29, 0.717) is 11.6 Å². The monoisotopic (exact) mass is 149 g/mol. The van der Waals surface area contributed by atoms with Crippen molar-refractivity contribution in [2.75, 3.05) is 7.11 Å². The van der Waals surface area contributed by atoms with Crippen LogP contribution in [0.3, 0.4) is 0 Å². The molecule has 0 unspecified atom stereocenters. The summed E-state index contributed by atoms with van der Waals surface area (Å²) in [5.74, 6) is 0.684. The van der Waals surface area contributed by atoms with E-state index in [1.807, 2.05) is 0 Å². The van der Waals surface area contributed by atoms with Crippen LogP contribution in [0.25, 0.3) is 0 Å². The van der Waals surface area contributed by atoms with E-state index >= 15 is 0 Å². The summed E-state index contributed by atoms with van der Waals surface area (Å²) >= 11 is 0. The van der Waals surface area contributed by atoms with Gasteiger partial charge < -0.3 is 4.74 Å². The molecule has 0 amide bonds. The number of methoxy groups -OCH3 is 1. The van der Waals surface area contributed by atoms with Crippen LogP contribution in [0, 0.1) is 11.3 Å². The molecule has 0 bridgehead atoms. The van der Waals surface area contributed by atoms with Gasteiger partial charge in [0.15, 0.2) is 6.07 Å². The number of rotatable bonds is 1. The molecule has 0 aliphatic heterocycles. The van der Waals surface area contributed by atoms with E-state index in [0.717, 1.165) is 0 Å². The number of nitrogens with zero attached hydrogens (tertiary/aromatic N) is 2. The molecular weight excluding hydrogens is 140 g/mol. The average Bonchev–Trinajstić information content (AvgIpc) is 2.05. The van der Waals surface area contributed by atoms with Crippen LogP contribution in [-0.2, 0) is 7.05 Å².